The van der Waals surface area contributed by atoms with E-state index in [2.05, 4.69) is 19.6 Å². The lowest BCUT2D eigenvalue weighted by molar-refractivity contribution is -0.0459. The molecular formula is C23H22O3Si. The molecule has 1 heterocycles. The third kappa shape index (κ3) is 2.96. The summed E-state index contributed by atoms with van der Waals surface area (Å²) in [4.78, 5) is 11.7. The summed E-state index contributed by atoms with van der Waals surface area (Å²) in [7, 11) is -1.71. The number of aldehydes is 1. The van der Waals surface area contributed by atoms with Crippen molar-refractivity contribution in [2.24, 2.45) is 0 Å². The normalized spacial score (nSPS) is 14.8. The van der Waals surface area contributed by atoms with Crippen LogP contribution in [-0.4, -0.2) is 14.4 Å². The maximum absolute atomic E-state index is 11.7. The Morgan fingerprint density at radius 2 is 1.26 bits per heavy atom. The fraction of sp³-hybridized carbons (Fsp3) is 0.174. The van der Waals surface area contributed by atoms with E-state index in [0.29, 0.717) is 17.1 Å². The summed E-state index contributed by atoms with van der Waals surface area (Å²) in [6.07, 6.45) is 0.919. The summed E-state index contributed by atoms with van der Waals surface area (Å²) in [5.74, 6) is 0.237. The molecule has 0 atom stereocenters. The van der Waals surface area contributed by atoms with Gasteiger partial charge in [0.2, 0.25) is 0 Å². The second kappa shape index (κ2) is 6.39. The Labute approximate surface area is 160 Å². The minimum absolute atomic E-state index is 0.604. The molecule has 136 valence electrons. The van der Waals surface area contributed by atoms with Crippen LogP contribution in [0.5, 0.6) is 11.5 Å². The highest BCUT2D eigenvalue weighted by molar-refractivity contribution is 6.89. The van der Waals surface area contributed by atoms with Gasteiger partial charge >= 0.3 is 5.79 Å². The molecule has 0 aromatic heterocycles. The standard InChI is InChI=1S/C23H22O3Si/c1-27(2,3)22-15-21-20(14-17(22)16-24)25-23(26-21,18-10-6-4-7-11-18)19-12-8-5-9-13-19/h4-16H,1-3H3. The summed E-state index contributed by atoms with van der Waals surface area (Å²) in [6.45, 7) is 6.66. The molecule has 1 aliphatic heterocycles. The molecule has 3 aromatic carbocycles. The van der Waals surface area contributed by atoms with Crippen molar-refractivity contribution < 1.29 is 14.3 Å². The summed E-state index contributed by atoms with van der Waals surface area (Å²) >= 11 is 0. The number of fused-ring (bicyclic) bond motifs is 1. The fourth-order valence-corrected chi connectivity index (χ4v) is 5.09. The van der Waals surface area contributed by atoms with E-state index < -0.39 is 13.9 Å². The lowest BCUT2D eigenvalue weighted by Gasteiger charge is -2.28. The van der Waals surface area contributed by atoms with Gasteiger partial charge in [-0.3, -0.25) is 4.79 Å². The van der Waals surface area contributed by atoms with Crippen molar-refractivity contribution in [1.82, 2.24) is 0 Å². The summed E-state index contributed by atoms with van der Waals surface area (Å²) in [5, 5.41) is 1.08. The lowest BCUT2D eigenvalue weighted by atomic mass is 9.97. The summed E-state index contributed by atoms with van der Waals surface area (Å²) in [6, 6.07) is 23.6. The SMILES string of the molecule is C[Si](C)(C)c1cc2c(cc1C=O)OC(c1ccccc1)(c1ccccc1)O2. The maximum Gasteiger partial charge on any atom is 0.305 e. The van der Waals surface area contributed by atoms with E-state index in [1.807, 2.05) is 72.8 Å². The first-order valence-electron chi connectivity index (χ1n) is 9.07. The zero-order valence-electron chi connectivity index (χ0n) is 15.7. The maximum atomic E-state index is 11.7. The zero-order chi connectivity index (χ0) is 19.1. The molecule has 0 radical (unpaired) electrons. The molecule has 0 N–H and O–H groups in total. The van der Waals surface area contributed by atoms with E-state index in [1.165, 1.54) is 0 Å². The van der Waals surface area contributed by atoms with Gasteiger partial charge in [0.05, 0.1) is 8.07 Å². The van der Waals surface area contributed by atoms with E-state index in [1.54, 1.807) is 0 Å². The van der Waals surface area contributed by atoms with Crippen LogP contribution in [0.25, 0.3) is 0 Å². The van der Waals surface area contributed by atoms with Crippen LogP contribution in [0.3, 0.4) is 0 Å². The van der Waals surface area contributed by atoms with Crippen LogP contribution in [0.15, 0.2) is 72.8 Å². The minimum Gasteiger partial charge on any atom is -0.440 e. The first-order chi connectivity index (χ1) is 12.9. The second-order valence-electron chi connectivity index (χ2n) is 7.81. The van der Waals surface area contributed by atoms with Crippen LogP contribution in [0.2, 0.25) is 19.6 Å². The molecule has 0 unspecified atom stereocenters. The van der Waals surface area contributed by atoms with Crippen molar-refractivity contribution in [3.05, 3.63) is 89.5 Å². The molecule has 4 rings (SSSR count). The average molecular weight is 375 g/mol. The van der Waals surface area contributed by atoms with Crippen LogP contribution in [0.1, 0.15) is 21.5 Å². The highest BCUT2D eigenvalue weighted by Crippen LogP contribution is 2.47. The number of ether oxygens (including phenoxy) is 2. The van der Waals surface area contributed by atoms with Crippen molar-refractivity contribution >= 4 is 19.5 Å². The molecule has 27 heavy (non-hydrogen) atoms. The number of carbonyl (C=O) groups is 1. The van der Waals surface area contributed by atoms with Crippen LogP contribution in [0, 0.1) is 0 Å². The Morgan fingerprint density at radius 1 is 0.778 bits per heavy atom. The van der Waals surface area contributed by atoms with Crippen LogP contribution < -0.4 is 14.7 Å². The third-order valence-electron chi connectivity index (χ3n) is 4.87. The summed E-state index contributed by atoms with van der Waals surface area (Å²) < 4.78 is 12.9. The van der Waals surface area contributed by atoms with E-state index >= 15 is 0 Å². The predicted molar refractivity (Wildman–Crippen MR) is 110 cm³/mol. The molecule has 0 saturated heterocycles. The van der Waals surface area contributed by atoms with Gasteiger partial charge in [0.25, 0.3) is 0 Å². The molecule has 0 aliphatic carbocycles. The monoisotopic (exact) mass is 374 g/mol. The quantitative estimate of drug-likeness (QED) is 0.490. The lowest BCUT2D eigenvalue weighted by Crippen LogP contribution is -2.40. The largest absolute Gasteiger partial charge is 0.440 e. The van der Waals surface area contributed by atoms with Gasteiger partial charge in [-0.2, -0.15) is 0 Å². The van der Waals surface area contributed by atoms with E-state index in [-0.39, 0.29) is 0 Å². The molecule has 4 heteroatoms. The minimum atomic E-state index is -1.71. The van der Waals surface area contributed by atoms with Crippen molar-refractivity contribution in [2.75, 3.05) is 0 Å². The first-order valence-corrected chi connectivity index (χ1v) is 12.6. The van der Waals surface area contributed by atoms with Gasteiger partial charge in [0, 0.05) is 16.7 Å². The molecule has 0 saturated carbocycles. The van der Waals surface area contributed by atoms with Crippen molar-refractivity contribution in [3.8, 4) is 11.5 Å². The van der Waals surface area contributed by atoms with Crippen molar-refractivity contribution in [2.45, 2.75) is 25.4 Å². The van der Waals surface area contributed by atoms with Gasteiger partial charge in [-0.15, -0.1) is 0 Å². The Hall–Kier alpha value is -2.85. The van der Waals surface area contributed by atoms with Gasteiger partial charge in [-0.1, -0.05) is 80.3 Å². The van der Waals surface area contributed by atoms with Crippen LogP contribution >= 0.6 is 0 Å². The van der Waals surface area contributed by atoms with Gasteiger partial charge in [-0.05, 0) is 17.3 Å². The third-order valence-corrected chi connectivity index (χ3v) is 6.91. The molecule has 0 amide bonds. The zero-order valence-corrected chi connectivity index (χ0v) is 16.7. The molecular weight excluding hydrogens is 352 g/mol. The van der Waals surface area contributed by atoms with Crippen molar-refractivity contribution in [1.29, 1.82) is 0 Å². The fourth-order valence-electron chi connectivity index (χ4n) is 3.53. The van der Waals surface area contributed by atoms with Gasteiger partial charge in [-0.25, -0.2) is 0 Å². The molecule has 0 spiro atoms. The summed E-state index contributed by atoms with van der Waals surface area (Å²) in [5.41, 5.74) is 2.51. The second-order valence-corrected chi connectivity index (χ2v) is 12.8. The Kier molecular flexibility index (Phi) is 4.16. The molecule has 3 aromatic rings. The number of rotatable bonds is 4. The number of hydrogen-bond acceptors (Lipinski definition) is 3. The van der Waals surface area contributed by atoms with Gasteiger partial charge < -0.3 is 9.47 Å². The van der Waals surface area contributed by atoms with Crippen LogP contribution in [0.4, 0.5) is 0 Å². The average Bonchev–Trinajstić information content (AvgIpc) is 3.07. The Bertz CT molecular complexity index is 936. The predicted octanol–water partition coefficient (Wildman–Crippen LogP) is 4.72. The topological polar surface area (TPSA) is 35.5 Å². The number of benzene rings is 3. The molecule has 0 bridgehead atoms. The molecule has 0 fully saturated rings. The Morgan fingerprint density at radius 3 is 1.70 bits per heavy atom. The van der Waals surface area contributed by atoms with Gasteiger partial charge in [0.1, 0.15) is 6.29 Å². The van der Waals surface area contributed by atoms with E-state index in [9.17, 15) is 4.79 Å². The van der Waals surface area contributed by atoms with Crippen molar-refractivity contribution in [3.63, 3.8) is 0 Å². The first kappa shape index (κ1) is 17.6. The highest BCUT2D eigenvalue weighted by atomic mass is 28.3. The number of carbonyl (C=O) groups excluding carboxylic acids is 1. The smallest absolute Gasteiger partial charge is 0.305 e. The van der Waals surface area contributed by atoms with E-state index in [0.717, 1.165) is 22.6 Å². The number of hydrogen-bond donors (Lipinski definition) is 0. The van der Waals surface area contributed by atoms with Crippen LogP contribution in [-0.2, 0) is 5.79 Å². The van der Waals surface area contributed by atoms with Gasteiger partial charge in [0.15, 0.2) is 11.5 Å². The highest BCUT2D eigenvalue weighted by Gasteiger charge is 2.46. The van der Waals surface area contributed by atoms with E-state index in [4.69, 9.17) is 9.47 Å². The molecule has 3 nitrogen and oxygen atoms in total. The Balaban J connectivity index is 1.90. The molecule has 1 aliphatic rings.